The van der Waals surface area contributed by atoms with Crippen LogP contribution < -0.4 is 11.0 Å². The minimum atomic E-state index is -0.805. The number of aromatic nitrogens is 3. The maximum absolute atomic E-state index is 13.6. The highest BCUT2D eigenvalue weighted by Gasteiger charge is 2.21. The molecule has 3 aromatic heterocycles. The summed E-state index contributed by atoms with van der Waals surface area (Å²) in [6, 6.07) is 8.91. The maximum atomic E-state index is 13.6. The highest BCUT2D eigenvalue weighted by Crippen LogP contribution is 2.20. The second-order valence-corrected chi connectivity index (χ2v) is 9.02. The lowest BCUT2D eigenvalue weighted by Gasteiger charge is -2.15. The van der Waals surface area contributed by atoms with Crippen LogP contribution in [0.4, 0.5) is 5.69 Å². The van der Waals surface area contributed by atoms with Gasteiger partial charge in [-0.1, -0.05) is 12.1 Å². The number of hydrogen-bond acceptors (Lipinski definition) is 8. The summed E-state index contributed by atoms with van der Waals surface area (Å²) in [6.45, 7) is 8.01. The molecule has 4 rings (SSSR count). The number of carbonyl (C=O) groups excluding carboxylic acids is 2. The van der Waals surface area contributed by atoms with E-state index >= 15 is 0 Å². The molecule has 0 spiro atoms. The molecule has 3 heterocycles. The van der Waals surface area contributed by atoms with E-state index in [4.69, 9.17) is 14.5 Å². The first-order valence-corrected chi connectivity index (χ1v) is 12.8. The van der Waals surface area contributed by atoms with Crippen molar-refractivity contribution in [2.24, 2.45) is 4.99 Å². The summed E-state index contributed by atoms with van der Waals surface area (Å²) in [4.78, 5) is 59.9. The predicted octanol–water partition coefficient (Wildman–Crippen LogP) is 3.52. The zero-order valence-corrected chi connectivity index (χ0v) is 22.7. The van der Waals surface area contributed by atoms with Crippen molar-refractivity contribution in [2.75, 3.05) is 19.8 Å². The van der Waals surface area contributed by atoms with Crippen molar-refractivity contribution in [2.45, 2.75) is 40.7 Å². The van der Waals surface area contributed by atoms with Crippen LogP contribution in [0.1, 0.15) is 52.1 Å². The van der Waals surface area contributed by atoms with Gasteiger partial charge in [-0.15, -0.1) is 0 Å². The normalized spacial score (nSPS) is 11.8. The van der Waals surface area contributed by atoms with E-state index < -0.39 is 22.4 Å². The molecular weight excluding hydrogens is 518 g/mol. The topological polar surface area (TPSA) is 147 Å². The minimum absolute atomic E-state index is 0.0320. The Morgan fingerprint density at radius 3 is 2.55 bits per heavy atom. The number of pyridine rings is 2. The van der Waals surface area contributed by atoms with Crippen molar-refractivity contribution in [3.63, 3.8) is 0 Å². The lowest BCUT2D eigenvalue weighted by Crippen LogP contribution is -2.33. The number of ether oxygens (including phenoxy) is 2. The second kappa shape index (κ2) is 12.0. The molecule has 0 N–H and O–H groups in total. The molecular formula is C28H29N5O7. The Labute approximate surface area is 228 Å². The third kappa shape index (κ3) is 5.52. The van der Waals surface area contributed by atoms with Crippen molar-refractivity contribution in [3.05, 3.63) is 90.8 Å². The standard InChI is InChI=1S/C28H29N5O7/c1-5-39-14-8-13-31-24-20(27(35)32-12-7-9-18(4)23(32)29-24)16-21(28(36)40-6-2)25(31)30-26(34)19-11-10-17(3)22(15-19)33(37)38/h7,9-12,15-16H,5-6,8,13-14H2,1-4H3. The van der Waals surface area contributed by atoms with E-state index in [0.29, 0.717) is 30.8 Å². The van der Waals surface area contributed by atoms with Gasteiger partial charge in [-0.05, 0) is 57.9 Å². The van der Waals surface area contributed by atoms with Crippen molar-refractivity contribution < 1.29 is 24.0 Å². The van der Waals surface area contributed by atoms with Gasteiger partial charge in [0.25, 0.3) is 17.2 Å². The Balaban J connectivity index is 2.08. The third-order valence-corrected chi connectivity index (χ3v) is 6.34. The number of rotatable bonds is 9. The molecule has 12 nitrogen and oxygen atoms in total. The van der Waals surface area contributed by atoms with E-state index in [1.54, 1.807) is 26.1 Å². The second-order valence-electron chi connectivity index (χ2n) is 9.02. The SMILES string of the molecule is CCOCCCn1c(=NC(=O)c2ccc(C)c([N+](=O)[O-])c2)c(C(=O)OCC)cc2c(=O)n3cccc(C)c3nc21. The summed E-state index contributed by atoms with van der Waals surface area (Å²) < 4.78 is 13.7. The van der Waals surface area contributed by atoms with Gasteiger partial charge in [0, 0.05) is 43.1 Å². The molecule has 4 aromatic rings. The average molecular weight is 548 g/mol. The molecule has 0 aliphatic rings. The van der Waals surface area contributed by atoms with Gasteiger partial charge >= 0.3 is 5.97 Å². The molecule has 0 fully saturated rings. The molecule has 0 radical (unpaired) electrons. The van der Waals surface area contributed by atoms with E-state index in [-0.39, 0.29) is 46.5 Å². The fourth-order valence-corrected chi connectivity index (χ4v) is 4.35. The van der Waals surface area contributed by atoms with Gasteiger partial charge in [0.05, 0.1) is 16.9 Å². The minimum Gasteiger partial charge on any atom is -0.462 e. The molecule has 1 aromatic carbocycles. The van der Waals surface area contributed by atoms with Crippen LogP contribution in [0.3, 0.4) is 0 Å². The van der Waals surface area contributed by atoms with Crippen LogP contribution in [0, 0.1) is 24.0 Å². The summed E-state index contributed by atoms with van der Waals surface area (Å²) in [6.07, 6.45) is 2.05. The largest absolute Gasteiger partial charge is 0.462 e. The number of fused-ring (bicyclic) bond motifs is 2. The van der Waals surface area contributed by atoms with Crippen LogP contribution in [0.2, 0.25) is 0 Å². The molecule has 12 heteroatoms. The van der Waals surface area contributed by atoms with Crippen LogP contribution in [0.25, 0.3) is 16.7 Å². The number of amides is 1. The van der Waals surface area contributed by atoms with Gasteiger partial charge in [0.2, 0.25) is 0 Å². The highest BCUT2D eigenvalue weighted by atomic mass is 16.6. The van der Waals surface area contributed by atoms with Gasteiger partial charge in [-0.25, -0.2) is 9.78 Å². The number of nitrogens with zero attached hydrogens (tertiary/aromatic N) is 5. The van der Waals surface area contributed by atoms with Crippen LogP contribution in [0.15, 0.2) is 52.4 Å². The quantitative estimate of drug-likeness (QED) is 0.102. The summed E-state index contributed by atoms with van der Waals surface area (Å²) in [5.74, 6) is -1.58. The zero-order chi connectivity index (χ0) is 29.0. The van der Waals surface area contributed by atoms with Gasteiger partial charge in [-0.2, -0.15) is 4.99 Å². The Kier molecular flexibility index (Phi) is 8.49. The van der Waals surface area contributed by atoms with Crippen LogP contribution in [0.5, 0.6) is 0 Å². The van der Waals surface area contributed by atoms with E-state index in [9.17, 15) is 24.5 Å². The van der Waals surface area contributed by atoms with Gasteiger partial charge in [0.15, 0.2) is 5.49 Å². The van der Waals surface area contributed by atoms with Crippen LogP contribution >= 0.6 is 0 Å². The van der Waals surface area contributed by atoms with Crippen molar-refractivity contribution in [3.8, 4) is 0 Å². The van der Waals surface area contributed by atoms with Gasteiger partial charge in [0.1, 0.15) is 16.9 Å². The first-order chi connectivity index (χ1) is 19.2. The number of esters is 1. The predicted molar refractivity (Wildman–Crippen MR) is 146 cm³/mol. The van der Waals surface area contributed by atoms with Crippen molar-refractivity contribution >= 4 is 34.2 Å². The number of carbonyl (C=O) groups is 2. The third-order valence-electron chi connectivity index (χ3n) is 6.34. The molecule has 0 aliphatic heterocycles. The molecule has 208 valence electrons. The lowest BCUT2D eigenvalue weighted by molar-refractivity contribution is -0.385. The fraction of sp³-hybridized carbons (Fsp3) is 0.321. The Morgan fingerprint density at radius 1 is 1.07 bits per heavy atom. The molecule has 0 saturated carbocycles. The molecule has 1 amide bonds. The summed E-state index contributed by atoms with van der Waals surface area (Å²) in [5.41, 5.74) is 0.935. The number of nitro benzene ring substituents is 1. The van der Waals surface area contributed by atoms with E-state index in [0.717, 1.165) is 11.6 Å². The first-order valence-electron chi connectivity index (χ1n) is 12.8. The fourth-order valence-electron chi connectivity index (χ4n) is 4.35. The molecule has 0 bridgehead atoms. The number of hydrogen-bond donors (Lipinski definition) is 0. The number of benzene rings is 1. The molecule has 0 saturated heterocycles. The van der Waals surface area contributed by atoms with Crippen molar-refractivity contribution in [1.82, 2.24) is 14.0 Å². The molecule has 0 atom stereocenters. The highest BCUT2D eigenvalue weighted by molar-refractivity contribution is 5.97. The number of aryl methyl sites for hydroxylation is 3. The molecule has 40 heavy (non-hydrogen) atoms. The lowest BCUT2D eigenvalue weighted by atomic mass is 10.1. The van der Waals surface area contributed by atoms with E-state index in [1.165, 1.54) is 27.2 Å². The Bertz CT molecular complexity index is 1770. The first kappa shape index (κ1) is 28.3. The maximum Gasteiger partial charge on any atom is 0.341 e. The van der Waals surface area contributed by atoms with Crippen molar-refractivity contribution in [1.29, 1.82) is 0 Å². The average Bonchev–Trinajstić information content (AvgIpc) is 2.92. The van der Waals surface area contributed by atoms with Gasteiger partial charge < -0.3 is 14.0 Å². The Hall–Kier alpha value is -4.71. The molecule has 0 aliphatic carbocycles. The van der Waals surface area contributed by atoms with Gasteiger partial charge in [-0.3, -0.25) is 24.1 Å². The van der Waals surface area contributed by atoms with Crippen LogP contribution in [-0.2, 0) is 16.0 Å². The molecule has 0 unspecified atom stereocenters. The zero-order valence-electron chi connectivity index (χ0n) is 22.7. The number of nitro groups is 1. The summed E-state index contributed by atoms with van der Waals surface area (Å²) >= 11 is 0. The van der Waals surface area contributed by atoms with Crippen LogP contribution in [-0.4, -0.2) is 50.6 Å². The van der Waals surface area contributed by atoms with E-state index in [1.807, 2.05) is 19.9 Å². The smallest absolute Gasteiger partial charge is 0.341 e. The monoisotopic (exact) mass is 547 g/mol. The summed E-state index contributed by atoms with van der Waals surface area (Å²) in [5, 5.41) is 11.6. The van der Waals surface area contributed by atoms with E-state index in [2.05, 4.69) is 4.99 Å². The Morgan fingerprint density at radius 2 is 1.85 bits per heavy atom. The summed E-state index contributed by atoms with van der Waals surface area (Å²) in [7, 11) is 0.